The number of hydrogen-bond donors (Lipinski definition) is 4. The monoisotopic (exact) mass is 234 g/mol. The SMILES string of the molecule is CC(=N)/C=C\NC1=CNNC(OC2CCC2)=C1. The van der Waals surface area contributed by atoms with Gasteiger partial charge in [-0.05, 0) is 32.3 Å². The zero-order valence-electron chi connectivity index (χ0n) is 9.92. The summed E-state index contributed by atoms with van der Waals surface area (Å²) >= 11 is 0. The van der Waals surface area contributed by atoms with E-state index in [9.17, 15) is 0 Å². The van der Waals surface area contributed by atoms with E-state index in [1.165, 1.54) is 6.42 Å². The molecule has 0 aromatic carbocycles. The van der Waals surface area contributed by atoms with Crippen molar-refractivity contribution in [2.75, 3.05) is 0 Å². The van der Waals surface area contributed by atoms with Gasteiger partial charge in [-0.15, -0.1) is 0 Å². The molecule has 0 unspecified atom stereocenters. The lowest BCUT2D eigenvalue weighted by Crippen LogP contribution is -2.35. The highest BCUT2D eigenvalue weighted by atomic mass is 16.5. The van der Waals surface area contributed by atoms with Gasteiger partial charge in [0.2, 0.25) is 5.88 Å². The van der Waals surface area contributed by atoms with Crippen LogP contribution in [0.2, 0.25) is 0 Å². The van der Waals surface area contributed by atoms with Gasteiger partial charge in [-0.25, -0.2) is 0 Å². The van der Waals surface area contributed by atoms with Gasteiger partial charge in [0.15, 0.2) is 0 Å². The highest BCUT2D eigenvalue weighted by molar-refractivity contribution is 5.89. The Bertz CT molecular complexity index is 380. The fraction of sp³-hybridized carbons (Fsp3) is 0.417. The van der Waals surface area contributed by atoms with Crippen LogP contribution in [0.4, 0.5) is 0 Å². The summed E-state index contributed by atoms with van der Waals surface area (Å²) in [6.45, 7) is 1.73. The minimum atomic E-state index is 0.356. The molecule has 1 saturated carbocycles. The number of hydrazine groups is 1. The van der Waals surface area contributed by atoms with Crippen molar-refractivity contribution in [3.63, 3.8) is 0 Å². The number of nitrogens with one attached hydrogen (secondary N) is 4. The van der Waals surface area contributed by atoms with Gasteiger partial charge in [0, 0.05) is 24.2 Å². The molecule has 1 heterocycles. The molecule has 0 amide bonds. The van der Waals surface area contributed by atoms with Crippen LogP contribution in [-0.2, 0) is 4.74 Å². The van der Waals surface area contributed by atoms with Crippen molar-refractivity contribution in [2.24, 2.45) is 0 Å². The van der Waals surface area contributed by atoms with Gasteiger partial charge < -0.3 is 20.9 Å². The molecule has 0 radical (unpaired) electrons. The molecule has 5 heteroatoms. The predicted octanol–water partition coefficient (Wildman–Crippen LogP) is 1.49. The first-order valence-corrected chi connectivity index (χ1v) is 5.82. The van der Waals surface area contributed by atoms with Crippen molar-refractivity contribution >= 4 is 5.71 Å². The molecule has 0 bridgehead atoms. The molecule has 0 saturated heterocycles. The lowest BCUT2D eigenvalue weighted by molar-refractivity contribution is 0.0386. The van der Waals surface area contributed by atoms with Gasteiger partial charge in [0.05, 0.1) is 5.70 Å². The zero-order valence-corrected chi connectivity index (χ0v) is 9.92. The number of allylic oxidation sites excluding steroid dienone is 2. The first-order valence-electron chi connectivity index (χ1n) is 5.82. The molecule has 2 rings (SSSR count). The highest BCUT2D eigenvalue weighted by Crippen LogP contribution is 2.24. The fourth-order valence-electron chi connectivity index (χ4n) is 1.48. The summed E-state index contributed by atoms with van der Waals surface area (Å²) in [7, 11) is 0. The van der Waals surface area contributed by atoms with Crippen molar-refractivity contribution < 1.29 is 4.74 Å². The highest BCUT2D eigenvalue weighted by Gasteiger charge is 2.20. The second-order valence-corrected chi connectivity index (χ2v) is 4.21. The zero-order chi connectivity index (χ0) is 12.1. The van der Waals surface area contributed by atoms with E-state index in [4.69, 9.17) is 10.1 Å². The standard InChI is InChI=1S/C12H18N4O/c1-9(13)5-6-14-10-7-12(16-15-8-10)17-11-3-2-4-11/h5-8,11,13-16H,2-4H2,1H3/b6-5-,13-9?. The van der Waals surface area contributed by atoms with Gasteiger partial charge in [-0.1, -0.05) is 0 Å². The van der Waals surface area contributed by atoms with E-state index in [0.717, 1.165) is 24.4 Å². The fourth-order valence-corrected chi connectivity index (χ4v) is 1.48. The van der Waals surface area contributed by atoms with Crippen molar-refractivity contribution in [3.8, 4) is 0 Å². The number of rotatable bonds is 5. The van der Waals surface area contributed by atoms with E-state index < -0.39 is 0 Å². The Kier molecular flexibility index (Phi) is 3.69. The van der Waals surface area contributed by atoms with Crippen LogP contribution in [0.25, 0.3) is 0 Å². The third-order valence-electron chi connectivity index (χ3n) is 2.64. The van der Waals surface area contributed by atoms with Crippen LogP contribution in [0.15, 0.2) is 36.1 Å². The quantitative estimate of drug-likeness (QED) is 0.544. The second-order valence-electron chi connectivity index (χ2n) is 4.21. The minimum absolute atomic E-state index is 0.356. The third kappa shape index (κ3) is 3.55. The minimum Gasteiger partial charge on any atom is -0.475 e. The molecule has 17 heavy (non-hydrogen) atoms. The van der Waals surface area contributed by atoms with Crippen molar-refractivity contribution in [3.05, 3.63) is 36.1 Å². The largest absolute Gasteiger partial charge is 0.475 e. The average molecular weight is 234 g/mol. The topological polar surface area (TPSA) is 69.2 Å². The van der Waals surface area contributed by atoms with E-state index >= 15 is 0 Å². The summed E-state index contributed by atoms with van der Waals surface area (Å²) in [6.07, 6.45) is 11.0. The normalized spacial score (nSPS) is 19.6. The summed E-state index contributed by atoms with van der Waals surface area (Å²) in [5.41, 5.74) is 7.28. The average Bonchev–Trinajstić information content (AvgIpc) is 2.24. The van der Waals surface area contributed by atoms with Crippen LogP contribution in [0.3, 0.4) is 0 Å². The van der Waals surface area contributed by atoms with E-state index in [2.05, 4.69) is 16.2 Å². The number of ether oxygens (including phenoxy) is 1. The van der Waals surface area contributed by atoms with Gasteiger partial charge in [-0.3, -0.25) is 5.43 Å². The lowest BCUT2D eigenvalue weighted by Gasteiger charge is -2.29. The van der Waals surface area contributed by atoms with Crippen molar-refractivity contribution in [1.29, 1.82) is 5.41 Å². The molecular weight excluding hydrogens is 216 g/mol. The molecule has 2 aliphatic rings. The van der Waals surface area contributed by atoms with Crippen molar-refractivity contribution in [2.45, 2.75) is 32.3 Å². The van der Waals surface area contributed by atoms with Crippen LogP contribution in [0.5, 0.6) is 0 Å². The molecule has 92 valence electrons. The Labute approximate surface area is 101 Å². The molecular formula is C12H18N4O. The van der Waals surface area contributed by atoms with Crippen LogP contribution in [0.1, 0.15) is 26.2 Å². The van der Waals surface area contributed by atoms with Gasteiger partial charge >= 0.3 is 0 Å². The predicted molar refractivity (Wildman–Crippen MR) is 66.8 cm³/mol. The summed E-state index contributed by atoms with van der Waals surface area (Å²) in [4.78, 5) is 0. The second kappa shape index (κ2) is 5.43. The Morgan fingerprint density at radius 1 is 1.59 bits per heavy atom. The molecule has 1 fully saturated rings. The Morgan fingerprint density at radius 3 is 3.06 bits per heavy atom. The maximum Gasteiger partial charge on any atom is 0.208 e. The molecule has 0 atom stereocenters. The molecule has 4 N–H and O–H groups in total. The Balaban J connectivity index is 1.85. The Hall–Kier alpha value is -1.91. The van der Waals surface area contributed by atoms with E-state index in [0.29, 0.717) is 11.8 Å². The summed E-state index contributed by atoms with van der Waals surface area (Å²) in [5.74, 6) is 0.736. The maximum absolute atomic E-state index is 7.26. The van der Waals surface area contributed by atoms with E-state index in [-0.39, 0.29) is 0 Å². The first-order chi connectivity index (χ1) is 8.24. The molecule has 0 spiro atoms. The van der Waals surface area contributed by atoms with Crippen LogP contribution < -0.4 is 16.2 Å². The maximum atomic E-state index is 7.26. The number of hydrogen-bond acceptors (Lipinski definition) is 5. The third-order valence-corrected chi connectivity index (χ3v) is 2.64. The van der Waals surface area contributed by atoms with E-state index in [1.54, 1.807) is 25.4 Å². The van der Waals surface area contributed by atoms with Crippen LogP contribution >= 0.6 is 0 Å². The molecule has 0 aromatic rings. The summed E-state index contributed by atoms with van der Waals surface area (Å²) < 4.78 is 5.73. The van der Waals surface area contributed by atoms with E-state index in [1.807, 2.05) is 6.08 Å². The van der Waals surface area contributed by atoms with Gasteiger partial charge in [0.1, 0.15) is 6.10 Å². The van der Waals surface area contributed by atoms with Gasteiger partial charge in [-0.2, -0.15) is 0 Å². The smallest absolute Gasteiger partial charge is 0.208 e. The molecule has 0 aromatic heterocycles. The molecule has 1 aliphatic heterocycles. The molecule has 1 aliphatic carbocycles. The van der Waals surface area contributed by atoms with Crippen LogP contribution in [0, 0.1) is 5.41 Å². The van der Waals surface area contributed by atoms with Gasteiger partial charge in [0.25, 0.3) is 0 Å². The molecule has 5 nitrogen and oxygen atoms in total. The lowest BCUT2D eigenvalue weighted by atomic mass is 9.96. The summed E-state index contributed by atoms with van der Waals surface area (Å²) in [5, 5.41) is 10.3. The van der Waals surface area contributed by atoms with Crippen LogP contribution in [-0.4, -0.2) is 11.8 Å². The van der Waals surface area contributed by atoms with Crippen molar-refractivity contribution in [1.82, 2.24) is 16.2 Å². The summed E-state index contributed by atoms with van der Waals surface area (Å²) in [6, 6.07) is 0. The Morgan fingerprint density at radius 2 is 2.41 bits per heavy atom. The first kappa shape index (κ1) is 11.6.